The standard InChI is InChI=1S/C25H20N2O6/c1-14-4-9-18(12-15(14)2)27-23(29)20(22(28)26-25(27)31)13-19-10-11-21(33-19)16-5-7-17(8-6-16)24(30)32-3/h4-13H,1-3H3,(H,26,28,31). The van der Waals surface area contributed by atoms with E-state index < -0.39 is 23.8 Å². The summed E-state index contributed by atoms with van der Waals surface area (Å²) < 4.78 is 10.5. The maximum atomic E-state index is 13.0. The van der Waals surface area contributed by atoms with Crippen LogP contribution >= 0.6 is 0 Å². The number of barbiturate groups is 1. The van der Waals surface area contributed by atoms with Crippen molar-refractivity contribution in [3.63, 3.8) is 0 Å². The van der Waals surface area contributed by atoms with Crippen LogP contribution in [0.2, 0.25) is 0 Å². The number of hydrogen-bond acceptors (Lipinski definition) is 6. The Morgan fingerprint density at radius 1 is 0.970 bits per heavy atom. The maximum absolute atomic E-state index is 13.0. The van der Waals surface area contributed by atoms with Gasteiger partial charge in [-0.05, 0) is 67.4 Å². The number of esters is 1. The molecule has 2 heterocycles. The van der Waals surface area contributed by atoms with E-state index in [1.165, 1.54) is 13.2 Å². The fourth-order valence-electron chi connectivity index (χ4n) is 3.37. The first-order valence-corrected chi connectivity index (χ1v) is 10.1. The number of amides is 4. The van der Waals surface area contributed by atoms with Crippen molar-refractivity contribution in [2.24, 2.45) is 0 Å². The average molecular weight is 444 g/mol. The summed E-state index contributed by atoms with van der Waals surface area (Å²) in [7, 11) is 1.31. The number of rotatable bonds is 4. The van der Waals surface area contributed by atoms with Gasteiger partial charge in [0.05, 0.1) is 18.4 Å². The summed E-state index contributed by atoms with van der Waals surface area (Å²) in [5.41, 5.74) is 3.15. The van der Waals surface area contributed by atoms with Gasteiger partial charge in [-0.25, -0.2) is 14.5 Å². The molecular weight excluding hydrogens is 424 g/mol. The van der Waals surface area contributed by atoms with Gasteiger partial charge in [-0.2, -0.15) is 0 Å². The predicted octanol–water partition coefficient (Wildman–Crippen LogP) is 4.02. The van der Waals surface area contributed by atoms with Gasteiger partial charge >= 0.3 is 12.0 Å². The minimum atomic E-state index is -0.809. The normalized spacial score (nSPS) is 15.1. The average Bonchev–Trinajstić information content (AvgIpc) is 3.27. The molecule has 33 heavy (non-hydrogen) atoms. The highest BCUT2D eigenvalue weighted by Gasteiger charge is 2.37. The summed E-state index contributed by atoms with van der Waals surface area (Å²) in [5.74, 6) is -1.26. The number of urea groups is 1. The fourth-order valence-corrected chi connectivity index (χ4v) is 3.37. The minimum Gasteiger partial charge on any atom is -0.465 e. The van der Waals surface area contributed by atoms with Gasteiger partial charge in [0.15, 0.2) is 0 Å². The van der Waals surface area contributed by atoms with Gasteiger partial charge in [0.25, 0.3) is 11.8 Å². The number of aryl methyl sites for hydroxylation is 2. The second kappa shape index (κ2) is 8.58. The van der Waals surface area contributed by atoms with E-state index in [4.69, 9.17) is 4.42 Å². The number of benzene rings is 2. The first-order chi connectivity index (χ1) is 15.8. The molecule has 0 unspecified atom stereocenters. The highest BCUT2D eigenvalue weighted by atomic mass is 16.5. The lowest BCUT2D eigenvalue weighted by molar-refractivity contribution is -0.122. The molecule has 0 spiro atoms. The molecule has 4 rings (SSSR count). The molecule has 0 saturated carbocycles. The number of methoxy groups -OCH3 is 1. The van der Waals surface area contributed by atoms with Crippen LogP contribution in [0.25, 0.3) is 17.4 Å². The summed E-state index contributed by atoms with van der Waals surface area (Å²) >= 11 is 0. The van der Waals surface area contributed by atoms with Gasteiger partial charge in [0.2, 0.25) is 0 Å². The number of nitrogens with one attached hydrogen (secondary N) is 1. The number of hydrogen-bond donors (Lipinski definition) is 1. The van der Waals surface area contributed by atoms with Crippen molar-refractivity contribution in [1.29, 1.82) is 0 Å². The summed E-state index contributed by atoms with van der Waals surface area (Å²) in [5, 5.41) is 2.20. The zero-order valence-electron chi connectivity index (χ0n) is 18.2. The summed E-state index contributed by atoms with van der Waals surface area (Å²) in [6.07, 6.45) is 1.30. The summed E-state index contributed by atoms with van der Waals surface area (Å²) in [6, 6.07) is 14.2. The van der Waals surface area contributed by atoms with Crippen molar-refractivity contribution in [1.82, 2.24) is 5.32 Å². The Hall–Kier alpha value is -4.46. The third-order valence-electron chi connectivity index (χ3n) is 5.35. The molecule has 1 aromatic heterocycles. The number of anilines is 1. The van der Waals surface area contributed by atoms with E-state index in [0.29, 0.717) is 22.6 Å². The van der Waals surface area contributed by atoms with Crippen molar-refractivity contribution < 1.29 is 28.3 Å². The molecule has 1 aliphatic heterocycles. The Balaban J connectivity index is 1.63. The fraction of sp³-hybridized carbons (Fsp3) is 0.120. The number of ether oxygens (including phenoxy) is 1. The third-order valence-corrected chi connectivity index (χ3v) is 5.35. The van der Waals surface area contributed by atoms with Crippen molar-refractivity contribution >= 4 is 35.6 Å². The smallest absolute Gasteiger partial charge is 0.337 e. The Bertz CT molecular complexity index is 1320. The molecule has 2 aromatic carbocycles. The van der Waals surface area contributed by atoms with E-state index in [-0.39, 0.29) is 11.3 Å². The first-order valence-electron chi connectivity index (χ1n) is 10.1. The van der Waals surface area contributed by atoms with Gasteiger partial charge < -0.3 is 9.15 Å². The number of furan rings is 1. The largest absolute Gasteiger partial charge is 0.465 e. The molecule has 1 saturated heterocycles. The Morgan fingerprint density at radius 2 is 1.70 bits per heavy atom. The lowest BCUT2D eigenvalue weighted by Crippen LogP contribution is -2.54. The Labute approximate surface area is 189 Å². The van der Waals surface area contributed by atoms with Crippen LogP contribution in [0, 0.1) is 13.8 Å². The second-order valence-electron chi connectivity index (χ2n) is 7.50. The maximum Gasteiger partial charge on any atom is 0.337 e. The van der Waals surface area contributed by atoms with Crippen LogP contribution in [0.15, 0.2) is 64.6 Å². The highest BCUT2D eigenvalue weighted by Crippen LogP contribution is 2.27. The molecule has 3 aromatic rings. The zero-order valence-corrected chi connectivity index (χ0v) is 18.2. The zero-order chi connectivity index (χ0) is 23.7. The quantitative estimate of drug-likeness (QED) is 0.370. The van der Waals surface area contributed by atoms with Crippen LogP contribution in [-0.2, 0) is 14.3 Å². The predicted molar refractivity (Wildman–Crippen MR) is 120 cm³/mol. The molecule has 1 N–H and O–H groups in total. The van der Waals surface area contributed by atoms with E-state index in [2.05, 4.69) is 10.1 Å². The number of carbonyl (C=O) groups is 4. The number of imide groups is 2. The summed E-state index contributed by atoms with van der Waals surface area (Å²) in [6.45, 7) is 3.79. The van der Waals surface area contributed by atoms with Crippen LogP contribution < -0.4 is 10.2 Å². The van der Waals surface area contributed by atoms with E-state index >= 15 is 0 Å². The lowest BCUT2D eigenvalue weighted by atomic mass is 10.1. The van der Waals surface area contributed by atoms with Crippen molar-refractivity contribution in [3.05, 3.63) is 82.6 Å². The van der Waals surface area contributed by atoms with Gasteiger partial charge in [0.1, 0.15) is 17.1 Å². The van der Waals surface area contributed by atoms with Crippen LogP contribution in [-0.4, -0.2) is 30.9 Å². The molecule has 8 nitrogen and oxygen atoms in total. The molecule has 166 valence electrons. The monoisotopic (exact) mass is 444 g/mol. The van der Waals surface area contributed by atoms with E-state index in [0.717, 1.165) is 16.0 Å². The van der Waals surface area contributed by atoms with Gasteiger partial charge in [-0.1, -0.05) is 18.2 Å². The van der Waals surface area contributed by atoms with Gasteiger partial charge in [0, 0.05) is 5.56 Å². The first kappa shape index (κ1) is 21.8. The molecule has 0 radical (unpaired) electrons. The molecule has 0 bridgehead atoms. The number of carbonyl (C=O) groups excluding carboxylic acids is 4. The van der Waals surface area contributed by atoms with Crippen LogP contribution in [0.1, 0.15) is 27.2 Å². The highest BCUT2D eigenvalue weighted by molar-refractivity contribution is 6.39. The SMILES string of the molecule is COC(=O)c1ccc(-c2ccc(C=C3C(=O)NC(=O)N(c4ccc(C)c(C)c4)C3=O)o2)cc1. The lowest BCUT2D eigenvalue weighted by Gasteiger charge is -2.26. The molecule has 4 amide bonds. The van der Waals surface area contributed by atoms with Gasteiger partial charge in [-0.15, -0.1) is 0 Å². The summed E-state index contributed by atoms with van der Waals surface area (Å²) in [4.78, 5) is 50.3. The van der Waals surface area contributed by atoms with Crippen molar-refractivity contribution in [2.75, 3.05) is 12.0 Å². The molecule has 1 aliphatic rings. The van der Waals surface area contributed by atoms with E-state index in [9.17, 15) is 19.2 Å². The topological polar surface area (TPSA) is 106 Å². The Kier molecular flexibility index (Phi) is 5.66. The van der Waals surface area contributed by atoms with E-state index in [1.54, 1.807) is 54.6 Å². The molecular formula is C25H20N2O6. The van der Waals surface area contributed by atoms with Crippen LogP contribution in [0.3, 0.4) is 0 Å². The van der Waals surface area contributed by atoms with Crippen molar-refractivity contribution in [3.8, 4) is 11.3 Å². The molecule has 0 atom stereocenters. The van der Waals surface area contributed by atoms with Crippen LogP contribution in [0.5, 0.6) is 0 Å². The third kappa shape index (κ3) is 4.18. The molecule has 0 aliphatic carbocycles. The second-order valence-corrected chi connectivity index (χ2v) is 7.50. The van der Waals surface area contributed by atoms with Crippen molar-refractivity contribution in [2.45, 2.75) is 13.8 Å². The van der Waals surface area contributed by atoms with E-state index in [1.807, 2.05) is 13.8 Å². The van der Waals surface area contributed by atoms with Gasteiger partial charge in [-0.3, -0.25) is 14.9 Å². The Morgan fingerprint density at radius 3 is 2.36 bits per heavy atom. The number of nitrogens with zero attached hydrogens (tertiary/aromatic N) is 1. The van der Waals surface area contributed by atoms with Crippen LogP contribution in [0.4, 0.5) is 10.5 Å². The molecule has 8 heteroatoms. The molecule has 1 fully saturated rings. The minimum absolute atomic E-state index is 0.227.